The maximum Gasteiger partial charge on any atom is 0.246 e. The van der Waals surface area contributed by atoms with Crippen LogP contribution in [0.4, 0.5) is 5.69 Å². The first-order valence-corrected chi connectivity index (χ1v) is 7.10. The largest absolute Gasteiger partial charge is 1.00 e. The number of primary sulfonamides is 1. The number of hydrogen-bond acceptors (Lipinski definition) is 4. The zero-order chi connectivity index (χ0) is 14.0. The molecule has 6 nitrogen and oxygen atoms in total. The average molecular weight is 315 g/mol. The summed E-state index contributed by atoms with van der Waals surface area (Å²) in [5.41, 5.74) is 1.49. The molecule has 0 aliphatic carbocycles. The lowest BCUT2D eigenvalue weighted by atomic mass is 10.3. The molecule has 20 heavy (non-hydrogen) atoms. The molecular weight excluding hydrogens is 300 g/mol. The second-order valence-electron chi connectivity index (χ2n) is 4.25. The number of rotatable bonds is 3. The molecule has 0 aliphatic rings. The highest BCUT2D eigenvalue weighted by atomic mass is 35.5. The number of sulfonamides is 1. The Hall–Kier alpha value is -1.70. The number of pyridine rings is 2. The Morgan fingerprint density at radius 3 is 2.30 bits per heavy atom. The summed E-state index contributed by atoms with van der Waals surface area (Å²) in [5, 5.41) is 5.18. The summed E-state index contributed by atoms with van der Waals surface area (Å²) in [4.78, 5) is 5.76. The van der Waals surface area contributed by atoms with Gasteiger partial charge < -0.3 is 17.3 Å². The first kappa shape index (κ1) is 16.4. The van der Waals surface area contributed by atoms with Gasteiger partial charge in [-0.05, 0) is 0 Å². The number of hydrogen-bond donors (Lipinski definition) is 1. The maximum absolute atomic E-state index is 11.5. The molecule has 2 heterocycles. The summed E-state index contributed by atoms with van der Waals surface area (Å²) in [6, 6.07) is 5.37. The minimum absolute atomic E-state index is 0. The van der Waals surface area contributed by atoms with E-state index in [1.54, 1.807) is 23.0 Å². The van der Waals surface area contributed by atoms with Gasteiger partial charge in [-0.3, -0.25) is 4.98 Å². The third-order valence-electron chi connectivity index (χ3n) is 2.68. The molecule has 0 aliphatic heterocycles. The van der Waals surface area contributed by atoms with Crippen molar-refractivity contribution in [3.8, 4) is 5.69 Å². The van der Waals surface area contributed by atoms with E-state index < -0.39 is 10.0 Å². The minimum atomic E-state index is -3.80. The molecule has 0 amide bonds. The molecule has 0 radical (unpaired) electrons. The summed E-state index contributed by atoms with van der Waals surface area (Å²) in [7, 11) is 0.0630. The molecule has 108 valence electrons. The van der Waals surface area contributed by atoms with E-state index in [1.807, 2.05) is 31.1 Å². The van der Waals surface area contributed by atoms with Crippen molar-refractivity contribution in [1.82, 2.24) is 4.98 Å². The molecule has 0 saturated carbocycles. The molecule has 0 unspecified atom stereocenters. The third kappa shape index (κ3) is 3.44. The van der Waals surface area contributed by atoms with E-state index in [0.717, 1.165) is 5.69 Å². The molecular formula is C12H15ClN4O2S. The zero-order valence-electron chi connectivity index (χ0n) is 11.1. The predicted molar refractivity (Wildman–Crippen MR) is 71.5 cm³/mol. The van der Waals surface area contributed by atoms with Gasteiger partial charge in [-0.1, -0.05) is 0 Å². The topological polar surface area (TPSA) is 80.2 Å². The summed E-state index contributed by atoms with van der Waals surface area (Å²) in [6.45, 7) is 0. The van der Waals surface area contributed by atoms with Crippen LogP contribution < -0.4 is 27.0 Å². The highest BCUT2D eigenvalue weighted by Crippen LogP contribution is 2.13. The van der Waals surface area contributed by atoms with Crippen LogP contribution in [0.25, 0.3) is 5.69 Å². The zero-order valence-corrected chi connectivity index (χ0v) is 12.6. The summed E-state index contributed by atoms with van der Waals surface area (Å²) < 4.78 is 24.7. The molecule has 0 saturated heterocycles. The SMILES string of the molecule is CN(C)c1cc[n+](-c2ccncc2S(N)(=O)=O)cc1.[Cl-]. The van der Waals surface area contributed by atoms with Crippen LogP contribution in [-0.2, 0) is 10.0 Å². The lowest BCUT2D eigenvalue weighted by Gasteiger charge is -2.10. The van der Waals surface area contributed by atoms with Gasteiger partial charge in [0.1, 0.15) is 0 Å². The Morgan fingerprint density at radius 1 is 1.20 bits per heavy atom. The van der Waals surface area contributed by atoms with E-state index in [9.17, 15) is 8.42 Å². The van der Waals surface area contributed by atoms with Crippen LogP contribution in [0, 0.1) is 0 Å². The molecule has 0 spiro atoms. The van der Waals surface area contributed by atoms with E-state index in [-0.39, 0.29) is 17.3 Å². The quantitative estimate of drug-likeness (QED) is 0.615. The molecule has 2 aromatic rings. The van der Waals surface area contributed by atoms with E-state index in [1.165, 1.54) is 12.4 Å². The van der Waals surface area contributed by atoms with E-state index in [0.29, 0.717) is 5.69 Å². The second kappa shape index (κ2) is 6.17. The van der Waals surface area contributed by atoms with Gasteiger partial charge in [0.25, 0.3) is 0 Å². The lowest BCUT2D eigenvalue weighted by molar-refractivity contribution is -0.598. The molecule has 0 aromatic carbocycles. The minimum Gasteiger partial charge on any atom is -1.00 e. The van der Waals surface area contributed by atoms with Gasteiger partial charge >= 0.3 is 0 Å². The van der Waals surface area contributed by atoms with E-state index in [4.69, 9.17) is 5.14 Å². The van der Waals surface area contributed by atoms with Crippen molar-refractivity contribution in [3.05, 3.63) is 43.0 Å². The molecule has 8 heteroatoms. The smallest absolute Gasteiger partial charge is 0.246 e. The van der Waals surface area contributed by atoms with Crippen molar-refractivity contribution in [2.45, 2.75) is 4.90 Å². The number of halogens is 1. The van der Waals surface area contributed by atoms with Crippen LogP contribution in [0.15, 0.2) is 47.9 Å². The van der Waals surface area contributed by atoms with Crippen LogP contribution in [0.3, 0.4) is 0 Å². The normalized spacial score (nSPS) is 10.8. The molecule has 0 bridgehead atoms. The highest BCUT2D eigenvalue weighted by molar-refractivity contribution is 7.89. The van der Waals surface area contributed by atoms with Crippen LogP contribution in [0.5, 0.6) is 0 Å². The maximum atomic E-state index is 11.5. The first-order chi connectivity index (χ1) is 8.89. The van der Waals surface area contributed by atoms with Crippen LogP contribution in [0.1, 0.15) is 0 Å². The van der Waals surface area contributed by atoms with Crippen molar-refractivity contribution >= 4 is 15.7 Å². The number of nitrogens with zero attached hydrogens (tertiary/aromatic N) is 3. The van der Waals surface area contributed by atoms with Gasteiger partial charge in [0.15, 0.2) is 17.3 Å². The van der Waals surface area contributed by atoms with Gasteiger partial charge in [-0.2, -0.15) is 4.57 Å². The summed E-state index contributed by atoms with van der Waals surface area (Å²) in [6.07, 6.45) is 6.33. The molecule has 2 rings (SSSR count). The highest BCUT2D eigenvalue weighted by Gasteiger charge is 2.21. The molecule has 2 aromatic heterocycles. The van der Waals surface area contributed by atoms with Crippen LogP contribution in [0.2, 0.25) is 0 Å². The number of anilines is 1. The van der Waals surface area contributed by atoms with Crippen molar-refractivity contribution in [3.63, 3.8) is 0 Å². The van der Waals surface area contributed by atoms with E-state index >= 15 is 0 Å². The van der Waals surface area contributed by atoms with Gasteiger partial charge in [0.2, 0.25) is 15.7 Å². The average Bonchev–Trinajstić information content (AvgIpc) is 2.38. The van der Waals surface area contributed by atoms with Gasteiger partial charge in [0.05, 0.1) is 6.20 Å². The fourth-order valence-corrected chi connectivity index (χ4v) is 2.36. The predicted octanol–water partition coefficient (Wildman–Crippen LogP) is -2.92. The van der Waals surface area contributed by atoms with Crippen molar-refractivity contribution in [1.29, 1.82) is 0 Å². The summed E-state index contributed by atoms with van der Waals surface area (Å²) in [5.74, 6) is 0. The second-order valence-corrected chi connectivity index (χ2v) is 5.78. The first-order valence-electron chi connectivity index (χ1n) is 5.55. The molecule has 0 fully saturated rings. The van der Waals surface area contributed by atoms with Crippen molar-refractivity contribution < 1.29 is 25.4 Å². The number of nitrogens with two attached hydrogens (primary N) is 1. The fraction of sp³-hybridized carbons (Fsp3) is 0.167. The third-order valence-corrected chi connectivity index (χ3v) is 3.60. The Balaban J connectivity index is 0.00000200. The molecule has 2 N–H and O–H groups in total. The monoisotopic (exact) mass is 314 g/mol. The van der Waals surface area contributed by atoms with Gasteiger partial charge in [-0.15, -0.1) is 0 Å². The fourth-order valence-electron chi connectivity index (χ4n) is 1.68. The van der Waals surface area contributed by atoms with Crippen molar-refractivity contribution in [2.24, 2.45) is 5.14 Å². The van der Waals surface area contributed by atoms with Crippen LogP contribution >= 0.6 is 0 Å². The summed E-state index contributed by atoms with van der Waals surface area (Å²) >= 11 is 0. The van der Waals surface area contributed by atoms with Gasteiger partial charge in [0, 0.05) is 44.2 Å². The Kier molecular flexibility index (Phi) is 5.04. The van der Waals surface area contributed by atoms with Gasteiger partial charge in [-0.25, -0.2) is 13.6 Å². The van der Waals surface area contributed by atoms with Crippen LogP contribution in [-0.4, -0.2) is 27.5 Å². The Labute approximate surface area is 124 Å². The van der Waals surface area contributed by atoms with Crippen molar-refractivity contribution in [2.75, 3.05) is 19.0 Å². The Morgan fingerprint density at radius 2 is 1.80 bits per heavy atom. The number of aromatic nitrogens is 2. The lowest BCUT2D eigenvalue weighted by Crippen LogP contribution is -3.00. The molecule has 0 atom stereocenters. The Bertz CT molecular complexity index is 687. The standard InChI is InChI=1S/C12H15N4O2S.ClH/c1-15(2)10-4-7-16(8-5-10)11-3-6-14-9-12(11)19(13,17)18;/h3-9H,1-2H3,(H2,13,17,18);1H/q+1;/p-1. The van der Waals surface area contributed by atoms with E-state index in [2.05, 4.69) is 4.98 Å².